The Morgan fingerprint density at radius 1 is 1.29 bits per heavy atom. The first-order valence-electron chi connectivity index (χ1n) is 3.87. The lowest BCUT2D eigenvalue weighted by Crippen LogP contribution is -1.85. The van der Waals surface area contributed by atoms with E-state index >= 15 is 0 Å². The fourth-order valence-electron chi connectivity index (χ4n) is 1.27. The second-order valence-electron chi connectivity index (χ2n) is 2.74. The molecule has 0 aliphatic heterocycles. The maximum Gasteiger partial charge on any atom is 0.131 e. The van der Waals surface area contributed by atoms with Crippen molar-refractivity contribution in [1.82, 2.24) is 4.98 Å². The molecule has 0 saturated carbocycles. The van der Waals surface area contributed by atoms with Crippen LogP contribution in [0.3, 0.4) is 0 Å². The summed E-state index contributed by atoms with van der Waals surface area (Å²) in [5.74, 6) is 0. The Balaban J connectivity index is 2.95. The van der Waals surface area contributed by atoms with Crippen LogP contribution in [0.25, 0.3) is 10.9 Å². The van der Waals surface area contributed by atoms with E-state index in [9.17, 15) is 0 Å². The number of hydrogen-bond donors (Lipinski definition) is 0. The molecule has 0 unspecified atom stereocenters. The van der Waals surface area contributed by atoms with Gasteiger partial charge in [0, 0.05) is 5.39 Å². The molecule has 0 spiro atoms. The molecule has 0 N–H and O–H groups in total. The molecule has 0 aliphatic carbocycles. The van der Waals surface area contributed by atoms with Crippen molar-refractivity contribution in [1.29, 1.82) is 5.26 Å². The van der Waals surface area contributed by atoms with Crippen molar-refractivity contribution >= 4 is 34.1 Å². The Labute approximate surface area is 90.7 Å². The molecule has 0 radical (unpaired) electrons. The predicted octanol–water partition coefficient (Wildman–Crippen LogP) is 3.41. The van der Waals surface area contributed by atoms with E-state index in [1.54, 1.807) is 18.2 Å². The fraction of sp³-hybridized carbons (Fsp3) is 0. The average molecular weight is 223 g/mol. The molecule has 0 fully saturated rings. The van der Waals surface area contributed by atoms with Crippen LogP contribution in [0, 0.1) is 11.3 Å². The zero-order valence-electron chi connectivity index (χ0n) is 6.96. The molecule has 68 valence electrons. The van der Waals surface area contributed by atoms with Crippen LogP contribution in [-0.2, 0) is 0 Å². The zero-order valence-corrected chi connectivity index (χ0v) is 8.47. The SMILES string of the molecule is N#Cc1cccc2c(Cl)cc(Cl)nc12. The Hall–Kier alpha value is -1.30. The second-order valence-corrected chi connectivity index (χ2v) is 3.53. The van der Waals surface area contributed by atoms with Gasteiger partial charge in [-0.2, -0.15) is 5.26 Å². The summed E-state index contributed by atoms with van der Waals surface area (Å²) in [4.78, 5) is 4.07. The first kappa shape index (κ1) is 9.26. The quantitative estimate of drug-likeness (QED) is 0.641. The number of aromatic nitrogens is 1. The number of halogens is 2. The lowest BCUT2D eigenvalue weighted by molar-refractivity contribution is 1.39. The van der Waals surface area contributed by atoms with Crippen LogP contribution in [0.4, 0.5) is 0 Å². The highest BCUT2D eigenvalue weighted by atomic mass is 35.5. The van der Waals surface area contributed by atoms with Crippen LogP contribution >= 0.6 is 23.2 Å². The summed E-state index contributed by atoms with van der Waals surface area (Å²) in [7, 11) is 0. The summed E-state index contributed by atoms with van der Waals surface area (Å²) in [5, 5.41) is 10.4. The van der Waals surface area contributed by atoms with Crippen molar-refractivity contribution < 1.29 is 0 Å². The summed E-state index contributed by atoms with van der Waals surface area (Å²) >= 11 is 11.7. The normalized spacial score (nSPS) is 10.1. The minimum Gasteiger partial charge on any atom is -0.235 e. The number of nitriles is 1. The van der Waals surface area contributed by atoms with Crippen LogP contribution in [-0.4, -0.2) is 4.98 Å². The van der Waals surface area contributed by atoms with Crippen molar-refractivity contribution in [3.8, 4) is 6.07 Å². The van der Waals surface area contributed by atoms with Crippen LogP contribution in [0.2, 0.25) is 10.2 Å². The van der Waals surface area contributed by atoms with Gasteiger partial charge in [0.25, 0.3) is 0 Å². The largest absolute Gasteiger partial charge is 0.235 e. The van der Waals surface area contributed by atoms with Crippen molar-refractivity contribution in [2.75, 3.05) is 0 Å². The second kappa shape index (κ2) is 3.45. The van der Waals surface area contributed by atoms with E-state index < -0.39 is 0 Å². The lowest BCUT2D eigenvalue weighted by Gasteiger charge is -2.01. The fourth-order valence-corrected chi connectivity index (χ4v) is 1.77. The van der Waals surface area contributed by atoms with E-state index in [0.29, 0.717) is 21.3 Å². The van der Waals surface area contributed by atoms with Crippen molar-refractivity contribution in [3.63, 3.8) is 0 Å². The van der Waals surface area contributed by atoms with E-state index in [4.69, 9.17) is 28.5 Å². The summed E-state index contributed by atoms with van der Waals surface area (Å²) in [5.41, 5.74) is 1.03. The third-order valence-electron chi connectivity index (χ3n) is 1.88. The molecule has 0 amide bonds. The number of para-hydroxylation sites is 1. The number of rotatable bonds is 0. The van der Waals surface area contributed by atoms with Gasteiger partial charge in [-0.05, 0) is 12.1 Å². The Morgan fingerprint density at radius 3 is 2.79 bits per heavy atom. The van der Waals surface area contributed by atoms with Gasteiger partial charge in [-0.1, -0.05) is 35.3 Å². The number of pyridine rings is 1. The lowest BCUT2D eigenvalue weighted by atomic mass is 10.1. The zero-order chi connectivity index (χ0) is 10.1. The van der Waals surface area contributed by atoms with Crippen molar-refractivity contribution in [3.05, 3.63) is 40.0 Å². The Bertz CT molecular complexity index is 544. The molecule has 2 aromatic rings. The van der Waals surface area contributed by atoms with Gasteiger partial charge in [0.05, 0.1) is 16.1 Å². The first-order valence-corrected chi connectivity index (χ1v) is 4.63. The van der Waals surface area contributed by atoms with Crippen molar-refractivity contribution in [2.24, 2.45) is 0 Å². The molecular formula is C10H4Cl2N2. The summed E-state index contributed by atoms with van der Waals surface area (Å²) in [6.07, 6.45) is 0. The molecular weight excluding hydrogens is 219 g/mol. The molecule has 2 nitrogen and oxygen atoms in total. The van der Waals surface area contributed by atoms with Gasteiger partial charge >= 0.3 is 0 Å². The number of fused-ring (bicyclic) bond motifs is 1. The predicted molar refractivity (Wildman–Crippen MR) is 56.5 cm³/mol. The van der Waals surface area contributed by atoms with Gasteiger partial charge in [-0.25, -0.2) is 4.98 Å². The molecule has 1 aromatic heterocycles. The summed E-state index contributed by atoms with van der Waals surface area (Å²) in [6.45, 7) is 0. The highest BCUT2D eigenvalue weighted by molar-refractivity contribution is 6.37. The van der Waals surface area contributed by atoms with Gasteiger partial charge in [0.1, 0.15) is 11.2 Å². The van der Waals surface area contributed by atoms with E-state index in [0.717, 1.165) is 5.39 Å². The van der Waals surface area contributed by atoms with Crippen LogP contribution in [0.5, 0.6) is 0 Å². The standard InChI is InChI=1S/C10H4Cl2N2/c11-8-4-9(12)14-10-6(5-13)2-1-3-7(8)10/h1-4H. The monoisotopic (exact) mass is 222 g/mol. The molecule has 4 heteroatoms. The van der Waals surface area contributed by atoms with E-state index in [1.165, 1.54) is 0 Å². The minimum atomic E-state index is 0.296. The van der Waals surface area contributed by atoms with Crippen LogP contribution in [0.15, 0.2) is 24.3 Å². The number of nitrogens with zero attached hydrogens (tertiary/aromatic N) is 2. The first-order chi connectivity index (χ1) is 6.72. The minimum absolute atomic E-state index is 0.296. The molecule has 0 aliphatic rings. The third kappa shape index (κ3) is 1.41. The maximum atomic E-state index is 8.84. The average Bonchev–Trinajstić information content (AvgIpc) is 2.17. The molecule has 1 aromatic carbocycles. The van der Waals surface area contributed by atoms with Crippen LogP contribution < -0.4 is 0 Å². The van der Waals surface area contributed by atoms with Crippen LogP contribution in [0.1, 0.15) is 5.56 Å². The topological polar surface area (TPSA) is 36.7 Å². The highest BCUT2D eigenvalue weighted by Crippen LogP contribution is 2.26. The van der Waals surface area contributed by atoms with E-state index in [2.05, 4.69) is 4.98 Å². The number of benzene rings is 1. The molecule has 0 atom stereocenters. The van der Waals surface area contributed by atoms with Gasteiger partial charge < -0.3 is 0 Å². The van der Waals surface area contributed by atoms with Gasteiger partial charge in [0.15, 0.2) is 0 Å². The van der Waals surface area contributed by atoms with E-state index in [1.807, 2.05) is 12.1 Å². The summed E-state index contributed by atoms with van der Waals surface area (Å²) < 4.78 is 0. The summed E-state index contributed by atoms with van der Waals surface area (Å²) in [6, 6.07) is 8.86. The molecule has 14 heavy (non-hydrogen) atoms. The van der Waals surface area contributed by atoms with Gasteiger partial charge in [-0.3, -0.25) is 0 Å². The van der Waals surface area contributed by atoms with Crippen molar-refractivity contribution in [2.45, 2.75) is 0 Å². The third-order valence-corrected chi connectivity index (χ3v) is 2.38. The van der Waals surface area contributed by atoms with Gasteiger partial charge in [0.2, 0.25) is 0 Å². The van der Waals surface area contributed by atoms with Gasteiger partial charge in [-0.15, -0.1) is 0 Å². The number of hydrogen-bond acceptors (Lipinski definition) is 2. The molecule has 1 heterocycles. The molecule has 2 rings (SSSR count). The van der Waals surface area contributed by atoms with E-state index in [-0.39, 0.29) is 0 Å². The molecule has 0 saturated heterocycles. The smallest absolute Gasteiger partial charge is 0.131 e. The maximum absolute atomic E-state index is 8.84. The highest BCUT2D eigenvalue weighted by Gasteiger charge is 2.06. The Kier molecular flexibility index (Phi) is 2.28. The molecule has 0 bridgehead atoms. The Morgan fingerprint density at radius 2 is 2.07 bits per heavy atom.